The molecule has 1 atom stereocenters. The Morgan fingerprint density at radius 2 is 1.61 bits per heavy atom. The van der Waals surface area contributed by atoms with Crippen molar-refractivity contribution in [2.45, 2.75) is 66.1 Å². The number of esters is 2. The van der Waals surface area contributed by atoms with E-state index in [1.165, 1.54) is 0 Å². The minimum absolute atomic E-state index is 0. The van der Waals surface area contributed by atoms with Gasteiger partial charge in [0.1, 0.15) is 13.2 Å². The maximum absolute atomic E-state index is 12.3. The maximum atomic E-state index is 12.3. The van der Waals surface area contributed by atoms with E-state index in [1.54, 1.807) is 0 Å². The molecular weight excluding hydrogens is 382 g/mol. The molecule has 0 amide bonds. The second-order valence-corrected chi connectivity index (χ2v) is 7.98. The number of carbonyl (C=O) groups is 2. The number of ether oxygens (including phenoxy) is 2. The number of aryl methyl sites for hydroxylation is 3. The molecule has 0 bridgehead atoms. The van der Waals surface area contributed by atoms with Gasteiger partial charge in [0.25, 0.3) is 0 Å². The molecule has 28 heavy (non-hydrogen) atoms. The van der Waals surface area contributed by atoms with E-state index in [9.17, 15) is 9.59 Å². The minimum atomic E-state index is -0.506. The first-order chi connectivity index (χ1) is 12.5. The van der Waals surface area contributed by atoms with Crippen molar-refractivity contribution in [1.29, 1.82) is 0 Å². The van der Waals surface area contributed by atoms with Crippen LogP contribution >= 0.6 is 0 Å². The van der Waals surface area contributed by atoms with Crippen LogP contribution in [0.5, 0.6) is 0 Å². The number of likely N-dealkylation sites (N-methyl/N-ethyl adjacent to an activating group) is 1. The maximum Gasteiger partial charge on any atom is 0.310 e. The highest BCUT2D eigenvalue weighted by molar-refractivity contribution is 5.72. The highest BCUT2D eigenvalue weighted by Crippen LogP contribution is 2.12. The zero-order valence-corrected chi connectivity index (χ0v) is 18.9. The van der Waals surface area contributed by atoms with Crippen molar-refractivity contribution < 1.29 is 36.0 Å². The first kappa shape index (κ1) is 26.3. The minimum Gasteiger partial charge on any atom is -1.00 e. The van der Waals surface area contributed by atoms with E-state index >= 15 is 0 Å². The standard InChI is InChI=1S/C20H34N3O4.ClH/c1-8-9-10-19(24)27-17(12-23(5,6)7)11-20(25)26-13-18-16(4)21-14(2)15(3)22-18;/h17H,8-13H2,1-7H3;1H/q+1;/p-1. The third kappa shape index (κ3) is 9.99. The molecule has 1 aromatic heterocycles. The van der Waals surface area contributed by atoms with Crippen LogP contribution in [0.4, 0.5) is 0 Å². The van der Waals surface area contributed by atoms with Crippen LogP contribution in [0.1, 0.15) is 55.4 Å². The summed E-state index contributed by atoms with van der Waals surface area (Å²) < 4.78 is 11.5. The molecule has 1 rings (SSSR count). The highest BCUT2D eigenvalue weighted by atomic mass is 35.5. The largest absolute Gasteiger partial charge is 1.00 e. The van der Waals surface area contributed by atoms with Gasteiger partial charge in [0.05, 0.1) is 50.3 Å². The van der Waals surface area contributed by atoms with Crippen LogP contribution in [-0.4, -0.2) is 60.2 Å². The molecule has 1 heterocycles. The smallest absolute Gasteiger partial charge is 0.310 e. The number of aromatic nitrogens is 2. The Kier molecular flexibility index (Phi) is 11.2. The fourth-order valence-corrected chi connectivity index (χ4v) is 2.61. The van der Waals surface area contributed by atoms with Crippen molar-refractivity contribution in [2.75, 3.05) is 27.7 Å². The summed E-state index contributed by atoms with van der Waals surface area (Å²) in [5.41, 5.74) is 3.08. The molecule has 0 spiro atoms. The molecule has 0 N–H and O–H groups in total. The highest BCUT2D eigenvalue weighted by Gasteiger charge is 2.25. The zero-order valence-electron chi connectivity index (χ0n) is 18.2. The lowest BCUT2D eigenvalue weighted by Crippen LogP contribution is -3.00. The number of hydrogen-bond acceptors (Lipinski definition) is 6. The molecule has 0 aliphatic carbocycles. The van der Waals surface area contributed by atoms with Gasteiger partial charge in [-0.15, -0.1) is 0 Å². The molecule has 0 saturated carbocycles. The molecule has 0 fully saturated rings. The third-order valence-electron chi connectivity index (χ3n) is 4.13. The van der Waals surface area contributed by atoms with E-state index < -0.39 is 12.1 Å². The number of unbranched alkanes of at least 4 members (excludes halogenated alkanes) is 1. The SMILES string of the molecule is CCCCC(=O)OC(CC(=O)OCc1nc(C)c(C)nc1C)C[N+](C)(C)C.[Cl-]. The first-order valence-corrected chi connectivity index (χ1v) is 9.48. The van der Waals surface area contributed by atoms with Crippen molar-refractivity contribution >= 4 is 11.9 Å². The summed E-state index contributed by atoms with van der Waals surface area (Å²) in [5.74, 6) is -0.671. The van der Waals surface area contributed by atoms with Gasteiger partial charge in [-0.2, -0.15) is 0 Å². The molecule has 160 valence electrons. The van der Waals surface area contributed by atoms with Crippen molar-refractivity contribution in [3.05, 3.63) is 22.8 Å². The van der Waals surface area contributed by atoms with E-state index in [2.05, 4.69) is 9.97 Å². The Labute approximate surface area is 174 Å². The van der Waals surface area contributed by atoms with Crippen LogP contribution in [0.25, 0.3) is 0 Å². The summed E-state index contributed by atoms with van der Waals surface area (Å²) in [6, 6.07) is 0. The van der Waals surface area contributed by atoms with Gasteiger partial charge in [-0.05, 0) is 27.2 Å². The van der Waals surface area contributed by atoms with E-state index in [-0.39, 0.29) is 31.4 Å². The molecule has 0 aliphatic rings. The predicted molar refractivity (Wildman–Crippen MR) is 103 cm³/mol. The van der Waals surface area contributed by atoms with E-state index in [0.29, 0.717) is 23.1 Å². The number of halogens is 1. The molecule has 0 aromatic carbocycles. The topological polar surface area (TPSA) is 78.4 Å². The van der Waals surface area contributed by atoms with Gasteiger partial charge in [0.2, 0.25) is 0 Å². The fraction of sp³-hybridized carbons (Fsp3) is 0.700. The van der Waals surface area contributed by atoms with Crippen LogP contribution in [-0.2, 0) is 25.7 Å². The quantitative estimate of drug-likeness (QED) is 0.384. The Morgan fingerprint density at radius 3 is 2.18 bits per heavy atom. The van der Waals surface area contributed by atoms with E-state index in [0.717, 1.165) is 29.9 Å². The molecule has 0 aliphatic heterocycles. The fourth-order valence-electron chi connectivity index (χ4n) is 2.61. The van der Waals surface area contributed by atoms with Gasteiger partial charge in [-0.3, -0.25) is 19.6 Å². The molecule has 0 saturated heterocycles. The summed E-state index contributed by atoms with van der Waals surface area (Å²) in [5, 5.41) is 0. The van der Waals surface area contributed by atoms with E-state index in [1.807, 2.05) is 48.8 Å². The van der Waals surface area contributed by atoms with Crippen molar-refractivity contribution in [2.24, 2.45) is 0 Å². The molecule has 1 aromatic rings. The van der Waals surface area contributed by atoms with Crippen molar-refractivity contribution in [1.82, 2.24) is 9.97 Å². The number of hydrogen-bond donors (Lipinski definition) is 0. The Hall–Kier alpha value is -1.73. The molecule has 8 heteroatoms. The summed E-state index contributed by atoms with van der Waals surface area (Å²) >= 11 is 0. The second-order valence-electron chi connectivity index (χ2n) is 7.98. The summed E-state index contributed by atoms with van der Waals surface area (Å²) in [7, 11) is 5.98. The van der Waals surface area contributed by atoms with Crippen LogP contribution in [0, 0.1) is 20.8 Å². The number of rotatable bonds is 10. The van der Waals surface area contributed by atoms with Crippen LogP contribution in [0.3, 0.4) is 0 Å². The Balaban J connectivity index is 0.00000729. The molecule has 0 radical (unpaired) electrons. The van der Waals surface area contributed by atoms with Gasteiger partial charge >= 0.3 is 11.9 Å². The third-order valence-corrected chi connectivity index (χ3v) is 4.13. The number of nitrogens with zero attached hydrogens (tertiary/aromatic N) is 3. The van der Waals surface area contributed by atoms with E-state index in [4.69, 9.17) is 9.47 Å². The normalized spacial score (nSPS) is 12.1. The summed E-state index contributed by atoms with van der Waals surface area (Å²) in [6.45, 7) is 8.24. The lowest BCUT2D eigenvalue weighted by atomic mass is 10.2. The predicted octanol–water partition coefficient (Wildman–Crippen LogP) is -0.353. The monoisotopic (exact) mass is 415 g/mol. The second kappa shape index (κ2) is 12.0. The number of carbonyl (C=O) groups excluding carboxylic acids is 2. The molecule has 7 nitrogen and oxygen atoms in total. The van der Waals surface area contributed by atoms with Crippen molar-refractivity contribution in [3.63, 3.8) is 0 Å². The van der Waals surface area contributed by atoms with Gasteiger partial charge in [-0.1, -0.05) is 13.3 Å². The number of quaternary nitrogens is 1. The molecular formula is C20H34ClN3O4. The van der Waals surface area contributed by atoms with Crippen LogP contribution < -0.4 is 12.4 Å². The Morgan fingerprint density at radius 1 is 1.00 bits per heavy atom. The van der Waals surface area contributed by atoms with Crippen LogP contribution in [0.2, 0.25) is 0 Å². The van der Waals surface area contributed by atoms with Gasteiger partial charge in [-0.25, -0.2) is 0 Å². The summed E-state index contributed by atoms with van der Waals surface area (Å²) in [6.07, 6.45) is 1.61. The summed E-state index contributed by atoms with van der Waals surface area (Å²) in [4.78, 5) is 33.1. The lowest BCUT2D eigenvalue weighted by Gasteiger charge is -2.28. The first-order valence-electron chi connectivity index (χ1n) is 9.48. The zero-order chi connectivity index (χ0) is 20.6. The Bertz CT molecular complexity index is 660. The van der Waals surface area contributed by atoms with Gasteiger partial charge < -0.3 is 26.4 Å². The van der Waals surface area contributed by atoms with Gasteiger partial charge in [0.15, 0.2) is 6.10 Å². The van der Waals surface area contributed by atoms with Gasteiger partial charge in [0, 0.05) is 6.42 Å². The average Bonchev–Trinajstić information content (AvgIpc) is 2.53. The average molecular weight is 416 g/mol. The van der Waals surface area contributed by atoms with Crippen molar-refractivity contribution in [3.8, 4) is 0 Å². The van der Waals surface area contributed by atoms with Crippen LogP contribution in [0.15, 0.2) is 0 Å². The lowest BCUT2D eigenvalue weighted by molar-refractivity contribution is -0.873. The molecule has 1 unspecified atom stereocenters.